The molecule has 41 heavy (non-hydrogen) atoms. The second kappa shape index (κ2) is 12.7. The van der Waals surface area contributed by atoms with Crippen LogP contribution < -0.4 is 14.8 Å². The fourth-order valence-corrected chi connectivity index (χ4v) is 4.65. The maximum Gasteiger partial charge on any atom is 0.250 e. The summed E-state index contributed by atoms with van der Waals surface area (Å²) in [6.45, 7) is 2.51. The summed E-state index contributed by atoms with van der Waals surface area (Å²) in [4.78, 5) is 30.0. The molecule has 0 unspecified atom stereocenters. The van der Waals surface area contributed by atoms with Crippen LogP contribution in [0.2, 0.25) is 0 Å². The lowest BCUT2D eigenvalue weighted by atomic mass is 10.1. The number of benzene rings is 1. The lowest BCUT2D eigenvalue weighted by molar-refractivity contribution is -0.143. The van der Waals surface area contributed by atoms with Crippen molar-refractivity contribution in [1.29, 1.82) is 0 Å². The van der Waals surface area contributed by atoms with Crippen LogP contribution in [0, 0.1) is 6.92 Å². The van der Waals surface area contributed by atoms with Crippen molar-refractivity contribution < 1.29 is 32.6 Å². The largest absolute Gasteiger partial charge is 0.493 e. The molecule has 0 spiro atoms. The Morgan fingerprint density at radius 1 is 1.17 bits per heavy atom. The number of hydrogen-bond acceptors (Lipinski definition) is 10. The number of hydrogen-bond donors (Lipinski definition) is 1. The van der Waals surface area contributed by atoms with Gasteiger partial charge in [0.1, 0.15) is 23.8 Å². The SMILES string of the molecule is COc1ccc(-c2nnn(CC(=O)N(Cc3ccco3)[C@H](C(=O)NC[C@@H]3CCCO3)c3ccc(C)o3)n2)cc1OC. The summed E-state index contributed by atoms with van der Waals surface area (Å²) in [5.41, 5.74) is 0.631. The van der Waals surface area contributed by atoms with Crippen LogP contribution in [0.4, 0.5) is 0 Å². The fourth-order valence-electron chi connectivity index (χ4n) is 4.65. The number of nitrogens with zero attached hydrogens (tertiary/aromatic N) is 5. The molecule has 13 nitrogen and oxygen atoms in total. The molecule has 1 aromatic carbocycles. The molecule has 2 amide bonds. The standard InChI is InChI=1S/C28H32N6O7/c1-18-8-10-23(41-18)26(28(36)29-15-20-6-4-12-39-20)33(16-21-7-5-13-40-21)25(35)17-34-31-27(30-32-34)19-9-11-22(37-2)24(14-19)38-3/h5,7-11,13-14,20,26H,4,6,12,15-17H2,1-3H3,(H,29,36)/t20-,26-/m0/s1. The van der Waals surface area contributed by atoms with Gasteiger partial charge in [0.2, 0.25) is 11.7 Å². The Hall–Kier alpha value is -4.65. The van der Waals surface area contributed by atoms with Crippen LogP contribution in [0.1, 0.15) is 36.2 Å². The van der Waals surface area contributed by atoms with Crippen molar-refractivity contribution in [3.05, 3.63) is 66.0 Å². The predicted molar refractivity (Wildman–Crippen MR) is 144 cm³/mol. The van der Waals surface area contributed by atoms with Crippen molar-refractivity contribution in [1.82, 2.24) is 30.4 Å². The number of aromatic nitrogens is 4. The van der Waals surface area contributed by atoms with Crippen molar-refractivity contribution in [2.45, 2.75) is 45.0 Å². The average molecular weight is 565 g/mol. The molecule has 1 saturated heterocycles. The van der Waals surface area contributed by atoms with Gasteiger partial charge in [0.15, 0.2) is 17.5 Å². The molecule has 1 aliphatic rings. The monoisotopic (exact) mass is 564 g/mol. The van der Waals surface area contributed by atoms with E-state index in [1.54, 1.807) is 56.5 Å². The summed E-state index contributed by atoms with van der Waals surface area (Å²) in [5.74, 6) is 1.96. The summed E-state index contributed by atoms with van der Waals surface area (Å²) in [6.07, 6.45) is 3.25. The first-order chi connectivity index (χ1) is 19.9. The minimum Gasteiger partial charge on any atom is -0.493 e. The second-order valence-corrected chi connectivity index (χ2v) is 9.55. The van der Waals surface area contributed by atoms with Crippen molar-refractivity contribution in [3.8, 4) is 22.9 Å². The van der Waals surface area contributed by atoms with E-state index in [2.05, 4.69) is 20.7 Å². The normalized spacial score (nSPS) is 15.4. The van der Waals surface area contributed by atoms with Crippen LogP contribution in [0.15, 0.2) is 57.6 Å². The fraction of sp³-hybridized carbons (Fsp3) is 0.393. The van der Waals surface area contributed by atoms with Crippen molar-refractivity contribution in [2.75, 3.05) is 27.4 Å². The quantitative estimate of drug-likeness (QED) is 0.272. The first-order valence-corrected chi connectivity index (χ1v) is 13.2. The van der Waals surface area contributed by atoms with E-state index in [-0.39, 0.29) is 19.2 Å². The molecule has 2 atom stereocenters. The zero-order chi connectivity index (χ0) is 28.8. The molecule has 1 N–H and O–H groups in total. The van der Waals surface area contributed by atoms with Crippen molar-refractivity contribution in [3.63, 3.8) is 0 Å². The minimum absolute atomic E-state index is 0.0147. The number of tetrazole rings is 1. The molecule has 216 valence electrons. The molecule has 0 aliphatic carbocycles. The van der Waals surface area contributed by atoms with Crippen LogP contribution >= 0.6 is 0 Å². The molecule has 13 heteroatoms. The van der Waals surface area contributed by atoms with Gasteiger partial charge in [0.25, 0.3) is 5.91 Å². The predicted octanol–water partition coefficient (Wildman–Crippen LogP) is 2.92. The van der Waals surface area contributed by atoms with Crippen molar-refractivity contribution in [2.24, 2.45) is 0 Å². The number of amides is 2. The summed E-state index contributed by atoms with van der Waals surface area (Å²) in [6, 6.07) is 11.0. The summed E-state index contributed by atoms with van der Waals surface area (Å²) < 4.78 is 27.7. The number of ether oxygens (including phenoxy) is 3. The number of furan rings is 2. The average Bonchev–Trinajstić information content (AvgIpc) is 3.80. The second-order valence-electron chi connectivity index (χ2n) is 9.55. The van der Waals surface area contributed by atoms with E-state index in [0.717, 1.165) is 12.8 Å². The Bertz CT molecular complexity index is 1460. The molecule has 5 rings (SSSR count). The van der Waals surface area contributed by atoms with Crippen LogP contribution in [-0.4, -0.2) is 70.4 Å². The highest BCUT2D eigenvalue weighted by atomic mass is 16.5. The van der Waals surface area contributed by atoms with Gasteiger partial charge in [-0.15, -0.1) is 10.2 Å². The van der Waals surface area contributed by atoms with Gasteiger partial charge < -0.3 is 33.3 Å². The van der Waals surface area contributed by atoms with E-state index in [1.807, 2.05) is 0 Å². The Labute approximate surface area is 236 Å². The van der Waals surface area contributed by atoms with E-state index in [4.69, 9.17) is 23.0 Å². The Balaban J connectivity index is 1.40. The number of nitrogens with one attached hydrogen (secondary N) is 1. The number of carbonyl (C=O) groups excluding carboxylic acids is 2. The summed E-state index contributed by atoms with van der Waals surface area (Å²) in [7, 11) is 3.08. The highest BCUT2D eigenvalue weighted by molar-refractivity contribution is 5.88. The van der Waals surface area contributed by atoms with Gasteiger partial charge in [0.05, 0.1) is 33.1 Å². The number of methoxy groups -OCH3 is 2. The third-order valence-electron chi connectivity index (χ3n) is 6.72. The van der Waals surface area contributed by atoms with Gasteiger partial charge in [-0.2, -0.15) is 4.80 Å². The first kappa shape index (κ1) is 27.9. The highest BCUT2D eigenvalue weighted by Crippen LogP contribution is 2.31. The topological polar surface area (TPSA) is 147 Å². The molecule has 1 aliphatic heterocycles. The molecular formula is C28H32N6O7. The molecule has 3 aromatic heterocycles. The lowest BCUT2D eigenvalue weighted by Gasteiger charge is -2.29. The van der Waals surface area contributed by atoms with E-state index in [1.165, 1.54) is 23.1 Å². The molecule has 0 radical (unpaired) electrons. The van der Waals surface area contributed by atoms with E-state index in [9.17, 15) is 9.59 Å². The maximum absolute atomic E-state index is 13.8. The smallest absolute Gasteiger partial charge is 0.250 e. The third kappa shape index (κ3) is 6.57. The van der Waals surface area contributed by atoms with Gasteiger partial charge in [-0.1, -0.05) is 0 Å². The van der Waals surface area contributed by atoms with Gasteiger partial charge in [-0.05, 0) is 67.4 Å². The van der Waals surface area contributed by atoms with E-state index in [0.29, 0.717) is 53.3 Å². The summed E-state index contributed by atoms with van der Waals surface area (Å²) >= 11 is 0. The van der Waals surface area contributed by atoms with Crippen LogP contribution in [0.25, 0.3) is 11.4 Å². The number of carbonyl (C=O) groups is 2. The zero-order valence-electron chi connectivity index (χ0n) is 23.1. The molecule has 0 saturated carbocycles. The maximum atomic E-state index is 13.8. The molecule has 0 bridgehead atoms. The van der Waals surface area contributed by atoms with Crippen LogP contribution in [-0.2, 0) is 27.4 Å². The van der Waals surface area contributed by atoms with Crippen LogP contribution in [0.5, 0.6) is 11.5 Å². The van der Waals surface area contributed by atoms with E-state index >= 15 is 0 Å². The van der Waals surface area contributed by atoms with Crippen LogP contribution in [0.3, 0.4) is 0 Å². The molecular weight excluding hydrogens is 532 g/mol. The van der Waals surface area contributed by atoms with E-state index < -0.39 is 17.9 Å². The van der Waals surface area contributed by atoms with Crippen molar-refractivity contribution >= 4 is 11.8 Å². The summed E-state index contributed by atoms with van der Waals surface area (Å²) in [5, 5.41) is 15.5. The first-order valence-electron chi connectivity index (χ1n) is 13.2. The number of rotatable bonds is 12. The Morgan fingerprint density at radius 2 is 2.02 bits per heavy atom. The van der Waals surface area contributed by atoms with Gasteiger partial charge in [-0.25, -0.2) is 0 Å². The van der Waals surface area contributed by atoms with Gasteiger partial charge in [0, 0.05) is 18.7 Å². The number of aryl methyl sites for hydroxylation is 1. The Kier molecular flexibility index (Phi) is 8.63. The minimum atomic E-state index is -1.07. The Morgan fingerprint density at radius 3 is 2.71 bits per heavy atom. The molecule has 4 aromatic rings. The van der Waals surface area contributed by atoms with Gasteiger partial charge >= 0.3 is 0 Å². The highest BCUT2D eigenvalue weighted by Gasteiger charge is 2.35. The zero-order valence-corrected chi connectivity index (χ0v) is 23.1. The lowest BCUT2D eigenvalue weighted by Crippen LogP contribution is -2.46. The molecule has 4 heterocycles. The third-order valence-corrected chi connectivity index (χ3v) is 6.72. The van der Waals surface area contributed by atoms with Gasteiger partial charge in [-0.3, -0.25) is 9.59 Å². The molecule has 1 fully saturated rings.